The molecule has 0 aromatic heterocycles. The van der Waals surface area contributed by atoms with E-state index in [1.807, 2.05) is 13.8 Å². The van der Waals surface area contributed by atoms with Gasteiger partial charge in [0.05, 0.1) is 23.4 Å². The molecule has 0 atom stereocenters. The number of aryl methyl sites for hydroxylation is 2. The van der Waals surface area contributed by atoms with Gasteiger partial charge in [0, 0.05) is 19.8 Å². The summed E-state index contributed by atoms with van der Waals surface area (Å²) in [6.07, 6.45) is 1.66. The minimum atomic E-state index is -3.93. The Morgan fingerprint density at radius 2 is 1.20 bits per heavy atom. The zero-order chi connectivity index (χ0) is 25.8. The lowest BCUT2D eigenvalue weighted by atomic mass is 10.2. The molecule has 0 aliphatic carbocycles. The van der Waals surface area contributed by atoms with E-state index in [2.05, 4.69) is 0 Å². The van der Waals surface area contributed by atoms with Crippen LogP contribution in [0.1, 0.15) is 16.7 Å². The molecule has 0 saturated heterocycles. The summed E-state index contributed by atoms with van der Waals surface area (Å²) >= 11 is 0. The zero-order valence-electron chi connectivity index (χ0n) is 20.5. The van der Waals surface area contributed by atoms with Crippen molar-refractivity contribution in [2.24, 2.45) is 0 Å². The van der Waals surface area contributed by atoms with Gasteiger partial charge < -0.3 is 4.74 Å². The molecule has 0 heterocycles. The van der Waals surface area contributed by atoms with Crippen LogP contribution < -0.4 is 4.74 Å². The quantitative estimate of drug-likeness (QED) is 0.425. The van der Waals surface area contributed by atoms with Crippen molar-refractivity contribution in [3.63, 3.8) is 0 Å². The monoisotopic (exact) mass is 514 g/mol. The average Bonchev–Trinajstić information content (AvgIpc) is 2.84. The van der Waals surface area contributed by atoms with Crippen molar-refractivity contribution in [2.75, 3.05) is 27.7 Å². The molecule has 0 N–H and O–H groups in total. The molecule has 0 aliphatic heterocycles. The summed E-state index contributed by atoms with van der Waals surface area (Å²) in [6.45, 7) is 3.59. The summed E-state index contributed by atoms with van der Waals surface area (Å²) in [7, 11) is -3.36. The first kappa shape index (κ1) is 26.5. The van der Waals surface area contributed by atoms with Crippen LogP contribution in [0.4, 0.5) is 0 Å². The van der Waals surface area contributed by atoms with Gasteiger partial charge in [-0.05, 0) is 61.9 Å². The molecule has 9 heteroatoms. The maximum Gasteiger partial charge on any atom is 0.263 e. The number of benzene rings is 3. The number of likely N-dealkylation sites (N-methyl/N-ethyl adjacent to an activating group) is 2. The van der Waals surface area contributed by atoms with Crippen molar-refractivity contribution in [1.29, 1.82) is 0 Å². The first-order valence-corrected chi connectivity index (χ1v) is 13.8. The van der Waals surface area contributed by atoms with Gasteiger partial charge in [0.15, 0.2) is 0 Å². The molecule has 0 unspecified atom stereocenters. The van der Waals surface area contributed by atoms with Gasteiger partial charge in [-0.2, -0.15) is 4.31 Å². The molecule has 0 amide bonds. The van der Waals surface area contributed by atoms with Crippen LogP contribution in [0.25, 0.3) is 6.08 Å². The molecule has 0 spiro atoms. The number of methoxy groups -OCH3 is 1. The lowest BCUT2D eigenvalue weighted by Gasteiger charge is -2.26. The zero-order valence-corrected chi connectivity index (χ0v) is 22.1. The molecule has 3 rings (SSSR count). The summed E-state index contributed by atoms with van der Waals surface area (Å²) < 4.78 is 60.7. The second-order valence-electron chi connectivity index (χ2n) is 8.27. The lowest BCUT2D eigenvalue weighted by Crippen LogP contribution is -2.35. The van der Waals surface area contributed by atoms with Crippen molar-refractivity contribution in [3.05, 3.63) is 95.2 Å². The van der Waals surface area contributed by atoms with Gasteiger partial charge in [-0.25, -0.2) is 16.8 Å². The van der Waals surface area contributed by atoms with Crippen LogP contribution in [-0.2, 0) is 20.0 Å². The third-order valence-corrected chi connectivity index (χ3v) is 9.29. The average molecular weight is 515 g/mol. The lowest BCUT2D eigenvalue weighted by molar-refractivity contribution is 0.415. The van der Waals surface area contributed by atoms with Gasteiger partial charge in [0.2, 0.25) is 10.0 Å². The fourth-order valence-corrected chi connectivity index (χ4v) is 5.71. The number of hydrogen-bond donors (Lipinski definition) is 0. The Kier molecular flexibility index (Phi) is 8.04. The topological polar surface area (TPSA) is 84.0 Å². The van der Waals surface area contributed by atoms with Crippen molar-refractivity contribution in [3.8, 4) is 5.75 Å². The maximum atomic E-state index is 13.4. The Morgan fingerprint density at radius 3 is 1.66 bits per heavy atom. The van der Waals surface area contributed by atoms with Gasteiger partial charge in [0.25, 0.3) is 10.0 Å². The second-order valence-corrected chi connectivity index (χ2v) is 12.3. The predicted octanol–water partition coefficient (Wildman–Crippen LogP) is 4.29. The van der Waals surface area contributed by atoms with E-state index in [4.69, 9.17) is 4.74 Å². The van der Waals surface area contributed by atoms with Gasteiger partial charge in [-0.3, -0.25) is 4.31 Å². The smallest absolute Gasteiger partial charge is 0.263 e. The van der Waals surface area contributed by atoms with Crippen LogP contribution in [0.3, 0.4) is 0 Å². The second kappa shape index (κ2) is 10.6. The minimum Gasteiger partial charge on any atom is -0.497 e. The van der Waals surface area contributed by atoms with E-state index in [9.17, 15) is 16.8 Å². The third-order valence-electron chi connectivity index (χ3n) is 5.65. The molecule has 7 nitrogen and oxygen atoms in total. The standard InChI is InChI=1S/C26H30N2O5S2/c1-20-6-14-25(15-7-20)34(29,30)27(3)19-23(18-22-10-12-24(33-5)13-11-22)28(4)35(31,32)26-16-8-21(2)9-17-26/h6-18H,19H2,1-5H3/b23-18-. The van der Waals surface area contributed by atoms with E-state index in [1.165, 1.54) is 14.1 Å². The number of sulfonamides is 2. The van der Waals surface area contributed by atoms with E-state index < -0.39 is 20.0 Å². The number of ether oxygens (including phenoxy) is 1. The molecule has 3 aromatic carbocycles. The molecule has 0 aliphatic rings. The van der Waals surface area contributed by atoms with Gasteiger partial charge in [-0.1, -0.05) is 47.5 Å². The van der Waals surface area contributed by atoms with E-state index in [0.717, 1.165) is 19.7 Å². The molecular weight excluding hydrogens is 484 g/mol. The van der Waals surface area contributed by atoms with Crippen LogP contribution in [-0.4, -0.2) is 53.2 Å². The summed E-state index contributed by atoms with van der Waals surface area (Å²) in [4.78, 5) is 0.258. The fourth-order valence-electron chi connectivity index (χ4n) is 3.35. The maximum absolute atomic E-state index is 13.4. The Bertz CT molecular complexity index is 1400. The Hall–Kier alpha value is -3.14. The van der Waals surface area contributed by atoms with Gasteiger partial charge in [0.1, 0.15) is 5.75 Å². The molecule has 0 saturated carbocycles. The Morgan fingerprint density at radius 1 is 0.743 bits per heavy atom. The molecule has 3 aromatic rings. The van der Waals surface area contributed by atoms with Gasteiger partial charge >= 0.3 is 0 Å². The van der Waals surface area contributed by atoms with Gasteiger partial charge in [-0.15, -0.1) is 0 Å². The van der Waals surface area contributed by atoms with Crippen molar-refractivity contribution in [1.82, 2.24) is 8.61 Å². The van der Waals surface area contributed by atoms with Crippen LogP contribution >= 0.6 is 0 Å². The highest BCUT2D eigenvalue weighted by molar-refractivity contribution is 7.89. The molecule has 0 radical (unpaired) electrons. The van der Waals surface area contributed by atoms with Crippen LogP contribution in [0.5, 0.6) is 5.75 Å². The van der Waals surface area contributed by atoms with Crippen molar-refractivity contribution in [2.45, 2.75) is 23.6 Å². The van der Waals surface area contributed by atoms with E-state index >= 15 is 0 Å². The van der Waals surface area contributed by atoms with E-state index in [1.54, 1.807) is 86.0 Å². The summed E-state index contributed by atoms with van der Waals surface area (Å²) in [5, 5.41) is 0. The molecule has 35 heavy (non-hydrogen) atoms. The molecular formula is C26H30N2O5S2. The summed E-state index contributed by atoms with van der Waals surface area (Å²) in [6, 6.07) is 20.1. The van der Waals surface area contributed by atoms with Crippen LogP contribution in [0, 0.1) is 13.8 Å². The summed E-state index contributed by atoms with van der Waals surface area (Å²) in [5.41, 5.74) is 2.86. The van der Waals surface area contributed by atoms with Crippen LogP contribution in [0.15, 0.2) is 88.3 Å². The van der Waals surface area contributed by atoms with Crippen molar-refractivity contribution < 1.29 is 21.6 Å². The normalized spacial score (nSPS) is 12.6. The van der Waals surface area contributed by atoms with E-state index in [0.29, 0.717) is 11.3 Å². The molecule has 0 fully saturated rings. The van der Waals surface area contributed by atoms with Crippen LogP contribution in [0.2, 0.25) is 0 Å². The number of nitrogens with zero attached hydrogens (tertiary/aromatic N) is 2. The highest BCUT2D eigenvalue weighted by Crippen LogP contribution is 2.24. The van der Waals surface area contributed by atoms with E-state index in [-0.39, 0.29) is 22.0 Å². The minimum absolute atomic E-state index is 0.121. The number of hydrogen-bond acceptors (Lipinski definition) is 5. The first-order valence-electron chi connectivity index (χ1n) is 10.9. The Labute approximate surface area is 208 Å². The largest absolute Gasteiger partial charge is 0.497 e. The SMILES string of the molecule is COc1ccc(/C=C(/CN(C)S(=O)(=O)c2ccc(C)cc2)N(C)S(=O)(=O)c2ccc(C)cc2)cc1. The fraction of sp³-hybridized carbons (Fsp3) is 0.231. The predicted molar refractivity (Wildman–Crippen MR) is 138 cm³/mol. The summed E-state index contributed by atoms with van der Waals surface area (Å²) in [5.74, 6) is 0.656. The highest BCUT2D eigenvalue weighted by Gasteiger charge is 2.27. The number of rotatable bonds is 9. The molecule has 0 bridgehead atoms. The first-order chi connectivity index (χ1) is 16.4. The molecule has 186 valence electrons. The Balaban J connectivity index is 2.02. The van der Waals surface area contributed by atoms with Crippen molar-refractivity contribution >= 4 is 26.1 Å². The third kappa shape index (κ3) is 6.11. The highest BCUT2D eigenvalue weighted by atomic mass is 32.2.